The molecule has 7 heteroatoms. The molecule has 1 atom stereocenters. The van der Waals surface area contributed by atoms with Crippen molar-refractivity contribution in [3.8, 4) is 0 Å². The third-order valence-electron chi connectivity index (χ3n) is 3.44. The zero-order chi connectivity index (χ0) is 14.9. The van der Waals surface area contributed by atoms with Crippen molar-refractivity contribution in [2.24, 2.45) is 5.92 Å². The predicted octanol–water partition coefficient (Wildman–Crippen LogP) is 3.43. The summed E-state index contributed by atoms with van der Waals surface area (Å²) in [4.78, 5) is -0.0854. The van der Waals surface area contributed by atoms with Crippen molar-refractivity contribution in [3.05, 3.63) is 22.2 Å². The summed E-state index contributed by atoms with van der Waals surface area (Å²) in [6.07, 6.45) is 3.96. The number of hydrogen-bond donors (Lipinski definition) is 2. The molecule has 20 heavy (non-hydrogen) atoms. The Morgan fingerprint density at radius 3 is 2.55 bits per heavy atom. The summed E-state index contributed by atoms with van der Waals surface area (Å²) >= 11 is 11.8. The fraction of sp³-hybridized carbons (Fsp3) is 0.538. The van der Waals surface area contributed by atoms with Gasteiger partial charge in [-0.25, -0.2) is 13.1 Å². The first-order valence-corrected chi connectivity index (χ1v) is 8.84. The summed E-state index contributed by atoms with van der Waals surface area (Å²) in [6, 6.07) is 2.69. The van der Waals surface area contributed by atoms with Crippen molar-refractivity contribution >= 4 is 38.9 Å². The first kappa shape index (κ1) is 15.9. The van der Waals surface area contributed by atoms with Crippen molar-refractivity contribution in [2.75, 3.05) is 5.73 Å². The lowest BCUT2D eigenvalue weighted by molar-refractivity contribution is 0.495. The lowest BCUT2D eigenvalue weighted by atomic mass is 10.1. The minimum Gasteiger partial charge on any atom is -0.398 e. The minimum absolute atomic E-state index is 0.0452. The molecule has 1 aromatic carbocycles. The van der Waals surface area contributed by atoms with Crippen LogP contribution in [0, 0.1) is 5.92 Å². The SMILES string of the molecule is CCC(CC1CC1)NS(=O)(=O)c1c(N)cc(Cl)cc1Cl. The summed E-state index contributed by atoms with van der Waals surface area (Å²) < 4.78 is 27.6. The summed E-state index contributed by atoms with van der Waals surface area (Å²) in [6.45, 7) is 1.96. The molecule has 1 unspecified atom stereocenters. The first-order valence-electron chi connectivity index (χ1n) is 6.60. The van der Waals surface area contributed by atoms with Gasteiger partial charge in [0.05, 0.1) is 10.7 Å². The molecule has 1 saturated carbocycles. The smallest absolute Gasteiger partial charge is 0.244 e. The van der Waals surface area contributed by atoms with E-state index in [-0.39, 0.29) is 21.6 Å². The second kappa shape index (κ2) is 6.10. The topological polar surface area (TPSA) is 72.2 Å². The minimum atomic E-state index is -3.73. The van der Waals surface area contributed by atoms with Gasteiger partial charge >= 0.3 is 0 Å². The Hall–Kier alpha value is -0.490. The molecule has 4 nitrogen and oxygen atoms in total. The van der Waals surface area contributed by atoms with Crippen LogP contribution >= 0.6 is 23.2 Å². The Kier molecular flexibility index (Phi) is 4.84. The van der Waals surface area contributed by atoms with Crippen LogP contribution in [-0.2, 0) is 10.0 Å². The Morgan fingerprint density at radius 2 is 2.05 bits per heavy atom. The average Bonchev–Trinajstić information content (AvgIpc) is 3.09. The maximum atomic E-state index is 12.4. The van der Waals surface area contributed by atoms with Crippen molar-refractivity contribution in [1.29, 1.82) is 0 Å². The first-order chi connectivity index (χ1) is 9.33. The lowest BCUT2D eigenvalue weighted by Crippen LogP contribution is -2.35. The summed E-state index contributed by atoms with van der Waals surface area (Å²) in [7, 11) is -3.73. The van der Waals surface area contributed by atoms with Crippen molar-refractivity contribution in [3.63, 3.8) is 0 Å². The zero-order valence-corrected chi connectivity index (χ0v) is 13.5. The van der Waals surface area contributed by atoms with Gasteiger partial charge in [0.15, 0.2) is 0 Å². The fourth-order valence-electron chi connectivity index (χ4n) is 2.20. The van der Waals surface area contributed by atoms with Crippen LogP contribution < -0.4 is 10.5 Å². The number of halogens is 2. The molecular weight excluding hydrogens is 319 g/mol. The maximum absolute atomic E-state index is 12.4. The highest BCUT2D eigenvalue weighted by atomic mass is 35.5. The fourth-order valence-corrected chi connectivity index (χ4v) is 4.51. The Morgan fingerprint density at radius 1 is 1.40 bits per heavy atom. The molecule has 1 aromatic rings. The number of anilines is 1. The molecule has 1 aliphatic rings. The molecule has 2 rings (SSSR count). The molecule has 0 spiro atoms. The molecule has 0 aromatic heterocycles. The number of nitrogens with one attached hydrogen (secondary N) is 1. The summed E-state index contributed by atoms with van der Waals surface area (Å²) in [5, 5.41) is 0.361. The van der Waals surface area contributed by atoms with Crippen LogP contribution in [0.5, 0.6) is 0 Å². The monoisotopic (exact) mass is 336 g/mol. The van der Waals surface area contributed by atoms with Crippen LogP contribution in [0.1, 0.15) is 32.6 Å². The van der Waals surface area contributed by atoms with Crippen LogP contribution in [0.2, 0.25) is 10.0 Å². The predicted molar refractivity (Wildman–Crippen MR) is 82.6 cm³/mol. The van der Waals surface area contributed by atoms with E-state index in [0.29, 0.717) is 10.9 Å². The van der Waals surface area contributed by atoms with E-state index in [2.05, 4.69) is 4.72 Å². The Bertz CT molecular complexity index is 577. The summed E-state index contributed by atoms with van der Waals surface area (Å²) in [5.41, 5.74) is 5.82. The van der Waals surface area contributed by atoms with Crippen molar-refractivity contribution in [1.82, 2.24) is 4.72 Å². The maximum Gasteiger partial charge on any atom is 0.244 e. The molecule has 1 fully saturated rings. The highest BCUT2D eigenvalue weighted by molar-refractivity contribution is 7.89. The number of sulfonamides is 1. The van der Waals surface area contributed by atoms with Gasteiger partial charge in [0, 0.05) is 11.1 Å². The highest BCUT2D eigenvalue weighted by Crippen LogP contribution is 2.35. The molecule has 0 heterocycles. The third-order valence-corrected chi connectivity index (χ3v) is 5.70. The number of benzene rings is 1. The van der Waals surface area contributed by atoms with Crippen molar-refractivity contribution < 1.29 is 8.42 Å². The molecular formula is C13H18Cl2N2O2S. The quantitative estimate of drug-likeness (QED) is 0.781. The number of nitrogen functional groups attached to an aromatic ring is 1. The van der Waals surface area contributed by atoms with Gasteiger partial charge < -0.3 is 5.73 Å². The van der Waals surface area contributed by atoms with E-state index >= 15 is 0 Å². The van der Waals surface area contributed by atoms with Crippen LogP contribution in [0.4, 0.5) is 5.69 Å². The van der Waals surface area contributed by atoms with E-state index in [1.165, 1.54) is 25.0 Å². The van der Waals surface area contributed by atoms with Gasteiger partial charge in [0.1, 0.15) is 4.90 Å². The van der Waals surface area contributed by atoms with Gasteiger partial charge in [-0.1, -0.05) is 43.0 Å². The van der Waals surface area contributed by atoms with E-state index in [4.69, 9.17) is 28.9 Å². The Balaban J connectivity index is 2.25. The second-order valence-corrected chi connectivity index (χ2v) is 7.71. The van der Waals surface area contributed by atoms with E-state index in [1.807, 2.05) is 6.92 Å². The van der Waals surface area contributed by atoms with Crippen LogP contribution in [0.3, 0.4) is 0 Å². The average molecular weight is 337 g/mol. The van der Waals surface area contributed by atoms with E-state index < -0.39 is 10.0 Å². The molecule has 0 aliphatic heterocycles. The van der Waals surface area contributed by atoms with Gasteiger partial charge in [-0.2, -0.15) is 0 Å². The molecule has 1 aliphatic carbocycles. The molecule has 0 bridgehead atoms. The van der Waals surface area contributed by atoms with Crippen molar-refractivity contribution in [2.45, 2.75) is 43.5 Å². The Labute approximate surface area is 129 Å². The van der Waals surface area contributed by atoms with Crippen LogP contribution in [0.15, 0.2) is 17.0 Å². The molecule has 0 saturated heterocycles. The zero-order valence-electron chi connectivity index (χ0n) is 11.2. The van der Waals surface area contributed by atoms with E-state index in [1.54, 1.807) is 0 Å². The number of nitrogens with two attached hydrogens (primary N) is 1. The van der Waals surface area contributed by atoms with Gasteiger partial charge in [-0.3, -0.25) is 0 Å². The lowest BCUT2D eigenvalue weighted by Gasteiger charge is -2.18. The van der Waals surface area contributed by atoms with Gasteiger partial charge in [-0.05, 0) is 30.9 Å². The number of hydrogen-bond acceptors (Lipinski definition) is 3. The van der Waals surface area contributed by atoms with Gasteiger partial charge in [-0.15, -0.1) is 0 Å². The second-order valence-electron chi connectivity index (χ2n) is 5.21. The molecule has 3 N–H and O–H groups in total. The van der Waals surface area contributed by atoms with Crippen LogP contribution in [0.25, 0.3) is 0 Å². The third kappa shape index (κ3) is 3.79. The van der Waals surface area contributed by atoms with Gasteiger partial charge in [0.2, 0.25) is 10.0 Å². The molecule has 0 amide bonds. The highest BCUT2D eigenvalue weighted by Gasteiger charge is 2.29. The molecule has 112 valence electrons. The summed E-state index contributed by atoms with van der Waals surface area (Å²) in [5.74, 6) is 0.640. The van der Waals surface area contributed by atoms with E-state index in [0.717, 1.165) is 12.8 Å². The van der Waals surface area contributed by atoms with Crippen LogP contribution in [-0.4, -0.2) is 14.5 Å². The van der Waals surface area contributed by atoms with E-state index in [9.17, 15) is 8.42 Å². The standard InChI is InChI=1S/C13H18Cl2N2O2S/c1-2-10(5-8-3-4-8)17-20(18,19)13-11(15)6-9(14)7-12(13)16/h6-8,10,17H,2-5,16H2,1H3. The number of rotatable bonds is 6. The normalized spacial score (nSPS) is 17.1. The molecule has 0 radical (unpaired) electrons. The van der Waals surface area contributed by atoms with Gasteiger partial charge in [0.25, 0.3) is 0 Å². The largest absolute Gasteiger partial charge is 0.398 e.